The van der Waals surface area contributed by atoms with Gasteiger partial charge in [0.15, 0.2) is 0 Å². The minimum absolute atomic E-state index is 0.102. The number of fused-ring (bicyclic) bond motifs is 1. The van der Waals surface area contributed by atoms with Crippen LogP contribution in [0.3, 0.4) is 0 Å². The first-order valence-corrected chi connectivity index (χ1v) is 11.0. The maximum absolute atomic E-state index is 13.2. The summed E-state index contributed by atoms with van der Waals surface area (Å²) in [7, 11) is 0. The maximum atomic E-state index is 13.2. The van der Waals surface area contributed by atoms with E-state index in [1.54, 1.807) is 11.3 Å². The van der Waals surface area contributed by atoms with Gasteiger partial charge in [0.2, 0.25) is 5.91 Å². The molecule has 2 aromatic heterocycles. The van der Waals surface area contributed by atoms with E-state index < -0.39 is 0 Å². The number of hydrogen-bond acceptors (Lipinski definition) is 4. The lowest BCUT2D eigenvalue weighted by Gasteiger charge is -2.20. The highest BCUT2D eigenvalue weighted by molar-refractivity contribution is 7.09. The highest BCUT2D eigenvalue weighted by Crippen LogP contribution is 2.26. The van der Waals surface area contributed by atoms with E-state index in [9.17, 15) is 4.79 Å². The van der Waals surface area contributed by atoms with E-state index in [-0.39, 0.29) is 12.5 Å². The first-order chi connectivity index (χ1) is 14.8. The topological polar surface area (TPSA) is 51.0 Å². The van der Waals surface area contributed by atoms with Crippen LogP contribution in [0, 0.1) is 0 Å². The summed E-state index contributed by atoms with van der Waals surface area (Å²) < 4.78 is 1.85. The summed E-state index contributed by atoms with van der Waals surface area (Å²) in [6.45, 7) is 1.68. The summed E-state index contributed by atoms with van der Waals surface area (Å²) in [4.78, 5) is 20.9. The van der Waals surface area contributed by atoms with Crippen molar-refractivity contribution in [2.45, 2.75) is 19.4 Å². The number of carbonyl (C=O) groups excluding carboxylic acids is 1. The van der Waals surface area contributed by atoms with Gasteiger partial charge in [-0.3, -0.25) is 9.48 Å². The fraction of sp³-hybridized carbons (Fsp3) is 0.208. The van der Waals surface area contributed by atoms with Gasteiger partial charge in [0, 0.05) is 36.4 Å². The Kier molecular flexibility index (Phi) is 5.15. The van der Waals surface area contributed by atoms with Crippen molar-refractivity contribution in [3.8, 4) is 22.5 Å². The molecule has 0 saturated carbocycles. The first-order valence-electron chi connectivity index (χ1n) is 10.2. The van der Waals surface area contributed by atoms with Crippen LogP contribution in [0.25, 0.3) is 22.5 Å². The van der Waals surface area contributed by atoms with E-state index in [0.717, 1.165) is 47.6 Å². The number of amides is 1. The van der Waals surface area contributed by atoms with Gasteiger partial charge in [0.1, 0.15) is 6.54 Å². The molecule has 0 spiro atoms. The van der Waals surface area contributed by atoms with Crippen LogP contribution in [0.2, 0.25) is 0 Å². The van der Waals surface area contributed by atoms with Crippen LogP contribution in [0.15, 0.2) is 72.2 Å². The van der Waals surface area contributed by atoms with Crippen LogP contribution in [0.1, 0.15) is 10.6 Å². The van der Waals surface area contributed by atoms with Crippen molar-refractivity contribution in [1.29, 1.82) is 0 Å². The minimum atomic E-state index is 0.102. The Morgan fingerprint density at radius 3 is 2.40 bits per heavy atom. The van der Waals surface area contributed by atoms with Crippen LogP contribution < -0.4 is 0 Å². The summed E-state index contributed by atoms with van der Waals surface area (Å²) >= 11 is 1.69. The van der Waals surface area contributed by atoms with Gasteiger partial charge in [-0.1, -0.05) is 60.7 Å². The fourth-order valence-electron chi connectivity index (χ4n) is 3.90. The molecule has 30 heavy (non-hydrogen) atoms. The predicted molar refractivity (Wildman–Crippen MR) is 119 cm³/mol. The molecule has 1 aliphatic rings. The lowest BCUT2D eigenvalue weighted by molar-refractivity contribution is -0.131. The summed E-state index contributed by atoms with van der Waals surface area (Å²) in [5.41, 5.74) is 6.99. The molecule has 150 valence electrons. The van der Waals surface area contributed by atoms with Gasteiger partial charge >= 0.3 is 0 Å². The highest BCUT2D eigenvalue weighted by Gasteiger charge is 2.22. The van der Waals surface area contributed by atoms with Crippen molar-refractivity contribution in [2.24, 2.45) is 0 Å². The van der Waals surface area contributed by atoms with Crippen LogP contribution in [-0.2, 0) is 24.2 Å². The Morgan fingerprint density at radius 2 is 1.63 bits per heavy atom. The zero-order chi connectivity index (χ0) is 20.3. The van der Waals surface area contributed by atoms with E-state index >= 15 is 0 Å². The number of hydrogen-bond donors (Lipinski definition) is 0. The van der Waals surface area contributed by atoms with Crippen molar-refractivity contribution >= 4 is 17.2 Å². The molecule has 2 aromatic carbocycles. The minimum Gasteiger partial charge on any atom is -0.340 e. The molecule has 6 heteroatoms. The molecule has 1 amide bonds. The van der Waals surface area contributed by atoms with Crippen molar-refractivity contribution in [2.75, 3.05) is 13.1 Å². The molecule has 0 saturated heterocycles. The van der Waals surface area contributed by atoms with Gasteiger partial charge in [0.05, 0.1) is 22.6 Å². The van der Waals surface area contributed by atoms with E-state index in [1.165, 1.54) is 4.88 Å². The monoisotopic (exact) mass is 414 g/mol. The Morgan fingerprint density at radius 1 is 0.933 bits per heavy atom. The molecular formula is C24H22N4OS. The molecule has 1 aliphatic heterocycles. The van der Waals surface area contributed by atoms with Gasteiger partial charge in [0.25, 0.3) is 0 Å². The van der Waals surface area contributed by atoms with Crippen LogP contribution in [0.5, 0.6) is 0 Å². The quantitative estimate of drug-likeness (QED) is 0.500. The van der Waals surface area contributed by atoms with Crippen LogP contribution >= 0.6 is 11.3 Å². The Bertz CT molecular complexity index is 1130. The number of aromatic nitrogens is 3. The molecule has 0 radical (unpaired) electrons. The number of nitrogens with zero attached hydrogens (tertiary/aromatic N) is 4. The van der Waals surface area contributed by atoms with E-state index in [2.05, 4.69) is 23.2 Å². The number of rotatable bonds is 4. The molecule has 0 unspecified atom stereocenters. The van der Waals surface area contributed by atoms with Gasteiger partial charge < -0.3 is 4.90 Å². The van der Waals surface area contributed by atoms with Gasteiger partial charge in [-0.25, -0.2) is 4.98 Å². The number of thiazole rings is 1. The second-order valence-corrected chi connectivity index (χ2v) is 8.35. The van der Waals surface area contributed by atoms with E-state index in [4.69, 9.17) is 5.10 Å². The van der Waals surface area contributed by atoms with Gasteiger partial charge in [-0.2, -0.15) is 5.10 Å². The average Bonchev–Trinajstić information content (AvgIpc) is 3.37. The lowest BCUT2D eigenvalue weighted by Crippen LogP contribution is -2.36. The molecule has 4 aromatic rings. The number of benzene rings is 2. The third kappa shape index (κ3) is 3.78. The Labute approximate surface area is 179 Å². The van der Waals surface area contributed by atoms with Crippen molar-refractivity contribution in [3.05, 3.63) is 82.8 Å². The summed E-state index contributed by atoms with van der Waals surface area (Å²) in [5, 5.41) is 4.80. The summed E-state index contributed by atoms with van der Waals surface area (Å²) in [5.74, 6) is 0.102. The third-order valence-corrected chi connectivity index (χ3v) is 6.44. The van der Waals surface area contributed by atoms with Crippen molar-refractivity contribution in [1.82, 2.24) is 19.7 Å². The lowest BCUT2D eigenvalue weighted by atomic mass is 10.1. The number of carbonyl (C=O) groups is 1. The van der Waals surface area contributed by atoms with Crippen molar-refractivity contribution < 1.29 is 4.79 Å². The molecular weight excluding hydrogens is 392 g/mol. The Hall–Kier alpha value is -3.25. The van der Waals surface area contributed by atoms with Gasteiger partial charge in [-0.15, -0.1) is 11.3 Å². The summed E-state index contributed by atoms with van der Waals surface area (Å²) in [6, 6.07) is 22.3. The molecule has 0 fully saturated rings. The molecule has 0 bridgehead atoms. The molecule has 0 N–H and O–H groups in total. The third-order valence-electron chi connectivity index (χ3n) is 5.51. The Balaban J connectivity index is 1.42. The van der Waals surface area contributed by atoms with Crippen molar-refractivity contribution in [3.63, 3.8) is 0 Å². The van der Waals surface area contributed by atoms with Crippen LogP contribution in [0.4, 0.5) is 0 Å². The normalized spacial score (nSPS) is 13.7. The summed E-state index contributed by atoms with van der Waals surface area (Å²) in [6.07, 6.45) is 1.70. The zero-order valence-electron chi connectivity index (χ0n) is 16.6. The molecule has 0 atom stereocenters. The predicted octanol–water partition coefficient (Wildman–Crippen LogP) is 4.30. The molecule has 3 heterocycles. The maximum Gasteiger partial charge on any atom is 0.244 e. The molecule has 5 rings (SSSR count). The SMILES string of the molecule is O=C(Cn1nc(-c2ccccc2)cc1-c1ccccc1)N1CCc2ncsc2CC1. The zero-order valence-corrected chi connectivity index (χ0v) is 17.4. The smallest absolute Gasteiger partial charge is 0.244 e. The largest absolute Gasteiger partial charge is 0.340 e. The van der Waals surface area contributed by atoms with E-state index in [1.807, 2.05) is 63.6 Å². The highest BCUT2D eigenvalue weighted by atomic mass is 32.1. The average molecular weight is 415 g/mol. The second kappa shape index (κ2) is 8.24. The van der Waals surface area contributed by atoms with E-state index in [0.29, 0.717) is 6.54 Å². The first kappa shape index (κ1) is 18.8. The molecule has 5 nitrogen and oxygen atoms in total. The van der Waals surface area contributed by atoms with Crippen LogP contribution in [-0.4, -0.2) is 38.7 Å². The second-order valence-electron chi connectivity index (χ2n) is 7.41. The standard InChI is InChI=1S/C24H22N4OS/c29-24(27-13-11-20-23(12-14-27)30-17-25-20)16-28-22(19-9-5-2-6-10-19)15-21(26-28)18-7-3-1-4-8-18/h1-10,15,17H,11-14,16H2. The fourth-order valence-corrected chi connectivity index (χ4v) is 4.70. The molecule has 0 aliphatic carbocycles. The van der Waals surface area contributed by atoms with Gasteiger partial charge in [-0.05, 0) is 11.6 Å².